The summed E-state index contributed by atoms with van der Waals surface area (Å²) in [6.45, 7) is -0.590. The number of hydrogen-bond donors (Lipinski definition) is 4. The second kappa shape index (κ2) is 13.3. The van der Waals surface area contributed by atoms with Crippen LogP contribution in [0.25, 0.3) is 0 Å². The summed E-state index contributed by atoms with van der Waals surface area (Å²) in [5.74, 6) is -3.23. The van der Waals surface area contributed by atoms with Gasteiger partial charge in [0.15, 0.2) is 18.1 Å². The summed E-state index contributed by atoms with van der Waals surface area (Å²) in [6.07, 6.45) is 0. The van der Waals surface area contributed by atoms with E-state index >= 15 is 0 Å². The first kappa shape index (κ1) is 31.4. The van der Waals surface area contributed by atoms with E-state index in [0.29, 0.717) is 22.0 Å². The fourth-order valence-corrected chi connectivity index (χ4v) is 7.28. The van der Waals surface area contributed by atoms with Gasteiger partial charge in [-0.3, -0.25) is 19.3 Å². The Morgan fingerprint density at radius 1 is 1.23 bits per heavy atom. The third-order valence-electron chi connectivity index (χ3n) is 6.56. The van der Waals surface area contributed by atoms with Crippen molar-refractivity contribution >= 4 is 70.4 Å². The zero-order valence-electron chi connectivity index (χ0n) is 22.6. The molecule has 1 unspecified atom stereocenters. The van der Waals surface area contributed by atoms with Crippen molar-refractivity contribution in [1.82, 2.24) is 35.7 Å². The highest BCUT2D eigenvalue weighted by atomic mass is 35.5. The minimum atomic E-state index is -1.26. The van der Waals surface area contributed by atoms with Crippen LogP contribution in [0.3, 0.4) is 0 Å². The van der Waals surface area contributed by atoms with Gasteiger partial charge in [-0.25, -0.2) is 9.48 Å². The van der Waals surface area contributed by atoms with Gasteiger partial charge in [-0.1, -0.05) is 65.3 Å². The number of hydrogen-bond acceptors (Lipinski definition) is 11. The van der Waals surface area contributed by atoms with Crippen molar-refractivity contribution in [1.29, 1.82) is 0 Å². The van der Waals surface area contributed by atoms with Crippen LogP contribution in [0, 0.1) is 0 Å². The Bertz CT molecular complexity index is 1660. The third kappa shape index (κ3) is 6.57. The van der Waals surface area contributed by atoms with Gasteiger partial charge in [0.2, 0.25) is 11.1 Å². The number of aromatic nitrogens is 4. The number of benzene rings is 2. The normalized spacial score (nSPS) is 18.2. The van der Waals surface area contributed by atoms with E-state index in [1.165, 1.54) is 45.2 Å². The number of carboxylic acid groups (broad SMARTS) is 1. The molecule has 0 aliphatic carbocycles. The lowest BCUT2D eigenvalue weighted by Crippen LogP contribution is -2.71. The van der Waals surface area contributed by atoms with Crippen LogP contribution >= 0.6 is 46.7 Å². The Labute approximate surface area is 268 Å². The van der Waals surface area contributed by atoms with Gasteiger partial charge in [0, 0.05) is 29.6 Å². The number of phenolic OH excluding ortho intramolecular Hbond substituents is 1. The zero-order chi connectivity index (χ0) is 31.5. The highest BCUT2D eigenvalue weighted by molar-refractivity contribution is 8.01. The number of fused-ring (bicyclic) bond motifs is 1. The average molecular weight is 681 g/mol. The number of aliphatic carboxylic acids is 1. The van der Waals surface area contributed by atoms with Crippen LogP contribution in [-0.2, 0) is 26.2 Å². The topological polar surface area (TPSA) is 189 Å². The number of tetrazole rings is 1. The second-order valence-electron chi connectivity index (χ2n) is 9.46. The van der Waals surface area contributed by atoms with Crippen LogP contribution in [0.5, 0.6) is 11.5 Å². The molecule has 0 bridgehead atoms. The van der Waals surface area contributed by atoms with Gasteiger partial charge in [0.25, 0.3) is 11.8 Å². The van der Waals surface area contributed by atoms with E-state index in [2.05, 4.69) is 26.2 Å². The number of rotatable bonds is 11. The van der Waals surface area contributed by atoms with Gasteiger partial charge in [-0.2, -0.15) is 0 Å². The number of thioether (sulfide) groups is 2. The smallest absolute Gasteiger partial charge is 0.352 e. The van der Waals surface area contributed by atoms with Crippen molar-refractivity contribution in [3.05, 3.63) is 69.3 Å². The van der Waals surface area contributed by atoms with E-state index in [9.17, 15) is 29.4 Å². The first-order chi connectivity index (χ1) is 21.0. The first-order valence-electron chi connectivity index (χ1n) is 12.8. The molecule has 1 fully saturated rings. The summed E-state index contributed by atoms with van der Waals surface area (Å²) in [5, 5.41) is 36.4. The van der Waals surface area contributed by atoms with Gasteiger partial charge >= 0.3 is 5.97 Å². The maximum Gasteiger partial charge on any atom is 0.352 e. The Hall–Kier alpha value is -3.99. The molecule has 5 rings (SSSR count). The molecule has 2 aliphatic heterocycles. The molecule has 44 heavy (non-hydrogen) atoms. The highest BCUT2D eigenvalue weighted by Gasteiger charge is 2.54. The number of amides is 3. The van der Waals surface area contributed by atoms with Crippen LogP contribution in [0.2, 0.25) is 10.0 Å². The Kier molecular flexibility index (Phi) is 9.53. The molecule has 3 amide bonds. The van der Waals surface area contributed by atoms with Crippen molar-refractivity contribution in [3.63, 3.8) is 0 Å². The number of carbonyl (C=O) groups is 4. The van der Waals surface area contributed by atoms with Crippen LogP contribution in [0.15, 0.2) is 58.9 Å². The maximum absolute atomic E-state index is 13.5. The highest BCUT2D eigenvalue weighted by Crippen LogP contribution is 2.42. The molecule has 230 valence electrons. The molecule has 14 nitrogen and oxygen atoms in total. The van der Waals surface area contributed by atoms with Crippen molar-refractivity contribution in [2.45, 2.75) is 22.6 Å². The summed E-state index contributed by atoms with van der Waals surface area (Å²) in [7, 11) is 1.66. The Balaban J connectivity index is 1.27. The first-order valence-corrected chi connectivity index (χ1v) is 15.5. The van der Waals surface area contributed by atoms with E-state index in [4.69, 9.17) is 27.9 Å². The minimum Gasteiger partial charge on any atom is -0.503 e. The number of aromatic hydroxyl groups is 1. The van der Waals surface area contributed by atoms with Gasteiger partial charge in [0.05, 0.1) is 5.02 Å². The fraction of sp³-hybridized carbons (Fsp3) is 0.269. The van der Waals surface area contributed by atoms with E-state index < -0.39 is 53.5 Å². The van der Waals surface area contributed by atoms with Crippen molar-refractivity contribution in [3.8, 4) is 11.5 Å². The lowest BCUT2D eigenvalue weighted by atomic mass is 10.0. The van der Waals surface area contributed by atoms with Crippen LogP contribution in [0.1, 0.15) is 11.6 Å². The standard InChI is InChI=1S/C26H23Cl2N7O7S2/c1-34-26(31-32-33-34)44-11-13-10-43-24-19(23(39)35(24)20(13)25(40)41)30-22(38)18(12-5-3-2-4-6-12)29-17(36)9-42-16-8-14(27)7-15(28)21(16)37/h2-8,18-19,24,37H,9-11H2,1H3,(H,29,36)(H,30,38)(H,40,41)/t18-,19?,24-/m0/s1. The molecular weight excluding hydrogens is 657 g/mol. The molecule has 0 spiro atoms. The van der Waals surface area contributed by atoms with E-state index in [1.54, 1.807) is 37.4 Å². The summed E-state index contributed by atoms with van der Waals surface area (Å²) < 4.78 is 6.82. The van der Waals surface area contributed by atoms with E-state index in [0.717, 1.165) is 0 Å². The SMILES string of the molecule is Cn1nnnc1SCC1=C(C(=O)O)N2C(=O)C(NC(=O)[C@@H](NC(=O)COc3cc(Cl)cc(Cl)c3O)c3ccccc3)[C@@H]2SC1. The number of nitrogens with one attached hydrogen (secondary N) is 2. The van der Waals surface area contributed by atoms with Gasteiger partial charge in [-0.05, 0) is 27.6 Å². The molecule has 0 radical (unpaired) electrons. The summed E-state index contributed by atoms with van der Waals surface area (Å²) in [4.78, 5) is 52.9. The van der Waals surface area contributed by atoms with Gasteiger partial charge in [-0.15, -0.1) is 16.9 Å². The Morgan fingerprint density at radius 3 is 2.66 bits per heavy atom. The average Bonchev–Trinajstić information content (AvgIpc) is 3.42. The zero-order valence-corrected chi connectivity index (χ0v) is 25.8. The number of carboxylic acids is 1. The predicted octanol–water partition coefficient (Wildman–Crippen LogP) is 1.99. The largest absolute Gasteiger partial charge is 0.503 e. The Morgan fingerprint density at radius 2 is 1.98 bits per heavy atom. The fourth-order valence-electron chi connectivity index (χ4n) is 4.47. The van der Waals surface area contributed by atoms with Crippen molar-refractivity contribution in [2.24, 2.45) is 7.05 Å². The van der Waals surface area contributed by atoms with Gasteiger partial charge < -0.3 is 25.6 Å². The summed E-state index contributed by atoms with van der Waals surface area (Å²) in [6, 6.07) is 8.68. The molecule has 0 saturated carbocycles. The predicted molar refractivity (Wildman–Crippen MR) is 160 cm³/mol. The molecular formula is C26H23Cl2N7O7S2. The third-order valence-corrected chi connectivity index (χ3v) is 9.50. The number of aryl methyl sites for hydroxylation is 1. The van der Waals surface area contributed by atoms with E-state index in [-0.39, 0.29) is 27.2 Å². The number of carbonyl (C=O) groups excluding carboxylic acids is 3. The molecule has 18 heteroatoms. The van der Waals surface area contributed by atoms with Crippen molar-refractivity contribution in [2.75, 3.05) is 18.1 Å². The molecule has 2 aromatic carbocycles. The quantitative estimate of drug-likeness (QED) is 0.171. The van der Waals surface area contributed by atoms with Crippen molar-refractivity contribution < 1.29 is 34.1 Å². The molecule has 3 heterocycles. The molecule has 1 aromatic heterocycles. The monoisotopic (exact) mass is 679 g/mol. The summed E-state index contributed by atoms with van der Waals surface area (Å²) in [5.41, 5.74) is 0.809. The number of halogens is 2. The summed E-state index contributed by atoms with van der Waals surface area (Å²) >= 11 is 14.4. The molecule has 3 aromatic rings. The maximum atomic E-state index is 13.5. The minimum absolute atomic E-state index is 0.0660. The number of β-lactam (4-membered cyclic amide) rings is 1. The van der Waals surface area contributed by atoms with Crippen LogP contribution in [-0.4, -0.2) is 88.5 Å². The number of phenols is 1. The molecule has 3 atom stereocenters. The van der Waals surface area contributed by atoms with Gasteiger partial charge in [0.1, 0.15) is 23.2 Å². The number of ether oxygens (including phenoxy) is 1. The van der Waals surface area contributed by atoms with Crippen LogP contribution in [0.4, 0.5) is 0 Å². The van der Waals surface area contributed by atoms with E-state index in [1.807, 2.05) is 0 Å². The molecule has 4 N–H and O–H groups in total. The second-order valence-corrected chi connectivity index (χ2v) is 12.4. The molecule has 2 aliphatic rings. The molecule has 1 saturated heterocycles. The van der Waals surface area contributed by atoms with Crippen LogP contribution < -0.4 is 15.4 Å². The lowest BCUT2D eigenvalue weighted by Gasteiger charge is -2.49. The number of nitrogens with zero attached hydrogens (tertiary/aromatic N) is 5. The lowest BCUT2D eigenvalue weighted by molar-refractivity contribution is -0.151.